The third-order valence-electron chi connectivity index (χ3n) is 8.07. The summed E-state index contributed by atoms with van der Waals surface area (Å²) in [4.78, 5) is 12.4. The van der Waals surface area contributed by atoms with Crippen LogP contribution in [0.25, 0.3) is 0 Å². The highest BCUT2D eigenvalue weighted by Gasteiger charge is 2.28. The van der Waals surface area contributed by atoms with Crippen molar-refractivity contribution in [3.63, 3.8) is 0 Å². The highest BCUT2D eigenvalue weighted by Crippen LogP contribution is 2.16. The van der Waals surface area contributed by atoms with Crippen molar-refractivity contribution in [2.75, 3.05) is 6.61 Å². The SMILES string of the molecule is CCCCCCCCCCCCCC[C@@H](O)[C@@H](O)[C@H](CO)NC(=O)C(O)CCCCCCCCCCCCC. The van der Waals surface area contributed by atoms with Gasteiger partial charge in [0.15, 0.2) is 0 Å². The molecule has 1 amide bonds. The van der Waals surface area contributed by atoms with Gasteiger partial charge in [0.1, 0.15) is 12.2 Å². The molecule has 0 aliphatic carbocycles. The van der Waals surface area contributed by atoms with Crippen molar-refractivity contribution in [1.29, 1.82) is 0 Å². The molecule has 0 spiro atoms. The number of carbonyl (C=O) groups is 1. The fourth-order valence-corrected chi connectivity index (χ4v) is 5.28. The van der Waals surface area contributed by atoms with Crippen LogP contribution in [0.15, 0.2) is 0 Å². The van der Waals surface area contributed by atoms with E-state index >= 15 is 0 Å². The number of carbonyl (C=O) groups excluding carboxylic acids is 1. The van der Waals surface area contributed by atoms with E-state index in [0.29, 0.717) is 12.8 Å². The molecule has 1 unspecified atom stereocenters. The molecule has 0 aliphatic heterocycles. The Bertz CT molecular complexity index is 518. The molecule has 5 N–H and O–H groups in total. The van der Waals surface area contributed by atoms with E-state index in [-0.39, 0.29) is 0 Å². The van der Waals surface area contributed by atoms with Crippen molar-refractivity contribution in [2.24, 2.45) is 0 Å². The van der Waals surface area contributed by atoms with E-state index in [1.807, 2.05) is 0 Å². The predicted molar refractivity (Wildman–Crippen MR) is 164 cm³/mol. The Morgan fingerprint density at radius 1 is 0.538 bits per heavy atom. The molecule has 39 heavy (non-hydrogen) atoms. The zero-order chi connectivity index (χ0) is 29.0. The summed E-state index contributed by atoms with van der Waals surface area (Å²) in [5, 5.41) is 43.2. The van der Waals surface area contributed by atoms with Gasteiger partial charge in [0, 0.05) is 0 Å². The van der Waals surface area contributed by atoms with Gasteiger partial charge in [-0.05, 0) is 12.8 Å². The van der Waals surface area contributed by atoms with Crippen LogP contribution < -0.4 is 5.32 Å². The maximum Gasteiger partial charge on any atom is 0.249 e. The fourth-order valence-electron chi connectivity index (χ4n) is 5.28. The van der Waals surface area contributed by atoms with Crippen LogP contribution in [0.3, 0.4) is 0 Å². The molecule has 6 nitrogen and oxygen atoms in total. The zero-order valence-corrected chi connectivity index (χ0v) is 25.9. The molecule has 234 valence electrons. The first-order valence-electron chi connectivity index (χ1n) is 16.9. The van der Waals surface area contributed by atoms with Crippen LogP contribution in [-0.2, 0) is 4.79 Å². The molecule has 6 heteroatoms. The summed E-state index contributed by atoms with van der Waals surface area (Å²) >= 11 is 0. The van der Waals surface area contributed by atoms with Crippen molar-refractivity contribution in [1.82, 2.24) is 5.32 Å². The van der Waals surface area contributed by atoms with E-state index in [1.165, 1.54) is 109 Å². The van der Waals surface area contributed by atoms with Crippen LogP contribution in [0, 0.1) is 0 Å². The molecule has 0 aromatic rings. The molecule has 0 saturated carbocycles. The van der Waals surface area contributed by atoms with Gasteiger partial charge in [0.05, 0.1) is 18.8 Å². The number of rotatable bonds is 30. The van der Waals surface area contributed by atoms with E-state index in [4.69, 9.17) is 0 Å². The van der Waals surface area contributed by atoms with Gasteiger partial charge in [-0.3, -0.25) is 4.79 Å². The van der Waals surface area contributed by atoms with Crippen LogP contribution in [0.1, 0.15) is 174 Å². The van der Waals surface area contributed by atoms with Crippen LogP contribution in [0.4, 0.5) is 0 Å². The Labute approximate surface area is 241 Å². The number of hydrogen-bond donors (Lipinski definition) is 5. The minimum Gasteiger partial charge on any atom is -0.394 e. The Balaban J connectivity index is 3.85. The standard InChI is InChI=1S/C33H67NO5/c1-3-5-7-9-11-13-15-17-18-20-22-24-26-30(36)32(38)29(28-35)34-33(39)31(37)27-25-23-21-19-16-14-12-10-8-6-4-2/h29-32,35-38H,3-28H2,1-2H3,(H,34,39)/t29-,30+,31?,32-/m0/s1. The topological polar surface area (TPSA) is 110 Å². The molecular weight excluding hydrogens is 490 g/mol. The summed E-state index contributed by atoms with van der Waals surface area (Å²) in [5.74, 6) is -0.585. The summed E-state index contributed by atoms with van der Waals surface area (Å²) in [6.07, 6.45) is 25.5. The molecule has 0 aromatic heterocycles. The molecule has 0 aliphatic rings. The summed E-state index contributed by atoms with van der Waals surface area (Å²) in [7, 11) is 0. The lowest BCUT2D eigenvalue weighted by Gasteiger charge is -2.27. The number of aliphatic hydroxyl groups is 4. The minimum absolute atomic E-state index is 0.374. The average Bonchev–Trinajstić information content (AvgIpc) is 2.94. The lowest BCUT2D eigenvalue weighted by molar-refractivity contribution is -0.132. The molecular formula is C33H67NO5. The summed E-state index contributed by atoms with van der Waals surface area (Å²) in [6, 6.07) is -0.975. The van der Waals surface area contributed by atoms with Gasteiger partial charge < -0.3 is 25.7 Å². The first-order valence-corrected chi connectivity index (χ1v) is 16.9. The molecule has 0 heterocycles. The van der Waals surface area contributed by atoms with E-state index in [2.05, 4.69) is 19.2 Å². The van der Waals surface area contributed by atoms with Crippen molar-refractivity contribution >= 4 is 5.91 Å². The van der Waals surface area contributed by atoms with E-state index in [0.717, 1.165) is 38.5 Å². The average molecular weight is 558 g/mol. The van der Waals surface area contributed by atoms with Gasteiger partial charge in [-0.2, -0.15) is 0 Å². The summed E-state index contributed by atoms with van der Waals surface area (Å²) in [6.45, 7) is 4.00. The third kappa shape index (κ3) is 23.7. The van der Waals surface area contributed by atoms with Gasteiger partial charge in [0.2, 0.25) is 5.91 Å². The van der Waals surface area contributed by atoms with Crippen molar-refractivity contribution in [3.05, 3.63) is 0 Å². The second-order valence-electron chi connectivity index (χ2n) is 11.9. The number of aliphatic hydroxyl groups excluding tert-OH is 4. The number of hydrogen-bond acceptors (Lipinski definition) is 5. The fraction of sp³-hybridized carbons (Fsp3) is 0.970. The molecule has 0 bridgehead atoms. The van der Waals surface area contributed by atoms with Crippen molar-refractivity contribution < 1.29 is 25.2 Å². The van der Waals surface area contributed by atoms with Gasteiger partial charge in [-0.25, -0.2) is 0 Å². The van der Waals surface area contributed by atoms with Crippen molar-refractivity contribution in [3.8, 4) is 0 Å². The van der Waals surface area contributed by atoms with Gasteiger partial charge >= 0.3 is 0 Å². The maximum atomic E-state index is 12.4. The number of unbranched alkanes of at least 4 members (excludes halogenated alkanes) is 21. The molecule has 0 fully saturated rings. The molecule has 0 aromatic carbocycles. The highest BCUT2D eigenvalue weighted by molar-refractivity contribution is 5.80. The Morgan fingerprint density at radius 2 is 0.872 bits per heavy atom. The first kappa shape index (κ1) is 38.3. The first-order chi connectivity index (χ1) is 19.0. The minimum atomic E-state index is -1.25. The number of amides is 1. The Kier molecular flexibility index (Phi) is 28.3. The normalized spacial score (nSPS) is 14.7. The van der Waals surface area contributed by atoms with E-state index in [1.54, 1.807) is 0 Å². The summed E-state index contributed by atoms with van der Waals surface area (Å²) < 4.78 is 0. The van der Waals surface area contributed by atoms with Crippen molar-refractivity contribution in [2.45, 2.75) is 199 Å². The van der Waals surface area contributed by atoms with E-state index in [9.17, 15) is 25.2 Å². The number of nitrogens with one attached hydrogen (secondary N) is 1. The van der Waals surface area contributed by atoms with Gasteiger partial charge in [-0.15, -0.1) is 0 Å². The van der Waals surface area contributed by atoms with Gasteiger partial charge in [-0.1, -0.05) is 162 Å². The molecule has 0 saturated heterocycles. The van der Waals surface area contributed by atoms with Crippen LogP contribution in [-0.4, -0.2) is 57.3 Å². The summed E-state index contributed by atoms with van der Waals surface area (Å²) in [5.41, 5.74) is 0. The monoisotopic (exact) mass is 558 g/mol. The third-order valence-corrected chi connectivity index (χ3v) is 8.07. The Morgan fingerprint density at radius 3 is 1.23 bits per heavy atom. The largest absolute Gasteiger partial charge is 0.394 e. The second kappa shape index (κ2) is 28.8. The van der Waals surface area contributed by atoms with Crippen LogP contribution in [0.5, 0.6) is 0 Å². The zero-order valence-electron chi connectivity index (χ0n) is 25.9. The lowest BCUT2D eigenvalue weighted by atomic mass is 9.99. The van der Waals surface area contributed by atoms with Crippen LogP contribution in [0.2, 0.25) is 0 Å². The maximum absolute atomic E-state index is 12.4. The molecule has 4 atom stereocenters. The van der Waals surface area contributed by atoms with E-state index < -0.39 is 36.9 Å². The lowest BCUT2D eigenvalue weighted by Crippen LogP contribution is -2.53. The molecule has 0 radical (unpaired) electrons. The predicted octanol–water partition coefficient (Wildman–Crippen LogP) is 7.34. The smallest absolute Gasteiger partial charge is 0.249 e. The highest BCUT2D eigenvalue weighted by atomic mass is 16.3. The Hall–Kier alpha value is -0.690. The quantitative estimate of drug-likeness (QED) is 0.0594. The van der Waals surface area contributed by atoms with Crippen LogP contribution >= 0.6 is 0 Å². The second-order valence-corrected chi connectivity index (χ2v) is 11.9. The molecule has 0 rings (SSSR count). The van der Waals surface area contributed by atoms with Gasteiger partial charge in [0.25, 0.3) is 0 Å².